The topological polar surface area (TPSA) is 52.6 Å². The fourth-order valence-corrected chi connectivity index (χ4v) is 4.34. The number of carbonyl (C=O) groups is 1. The summed E-state index contributed by atoms with van der Waals surface area (Å²) >= 11 is 12.2. The normalized spacial score (nSPS) is 17.9. The third kappa shape index (κ3) is 5.48. The van der Waals surface area contributed by atoms with E-state index in [1.165, 1.54) is 0 Å². The molecule has 1 amide bonds. The van der Waals surface area contributed by atoms with Gasteiger partial charge in [-0.25, -0.2) is 0 Å². The summed E-state index contributed by atoms with van der Waals surface area (Å²) in [6.45, 7) is 3.87. The second kappa shape index (κ2) is 9.75. The Morgan fingerprint density at radius 3 is 2.50 bits per heavy atom. The van der Waals surface area contributed by atoms with Crippen LogP contribution in [0.2, 0.25) is 10.0 Å². The van der Waals surface area contributed by atoms with Crippen molar-refractivity contribution in [1.82, 2.24) is 10.2 Å². The average Bonchev–Trinajstić information content (AvgIpc) is 2.68. The molecule has 3 rings (SSSR count). The highest BCUT2D eigenvalue weighted by atomic mass is 35.5. The molecule has 0 aliphatic carbocycles. The Labute approximate surface area is 176 Å². The molecule has 0 saturated carbocycles. The molecule has 1 aliphatic rings. The van der Waals surface area contributed by atoms with Crippen LogP contribution in [0, 0.1) is 5.92 Å². The van der Waals surface area contributed by atoms with Gasteiger partial charge in [-0.15, -0.1) is 0 Å². The molecule has 1 fully saturated rings. The Bertz CT molecular complexity index is 792. The van der Waals surface area contributed by atoms with Gasteiger partial charge in [0.15, 0.2) is 0 Å². The summed E-state index contributed by atoms with van der Waals surface area (Å²) in [5.41, 5.74) is 1.82. The highest BCUT2D eigenvalue weighted by Gasteiger charge is 2.27. The van der Waals surface area contributed by atoms with Crippen LogP contribution in [0.25, 0.3) is 0 Å². The van der Waals surface area contributed by atoms with E-state index in [0.717, 1.165) is 37.1 Å². The monoisotopic (exact) mass is 420 g/mol. The van der Waals surface area contributed by atoms with Crippen LogP contribution in [0.4, 0.5) is 0 Å². The predicted octanol–water partition coefficient (Wildman–Crippen LogP) is 4.62. The van der Waals surface area contributed by atoms with Crippen LogP contribution in [0.5, 0.6) is 0 Å². The zero-order chi connectivity index (χ0) is 20.1. The number of nitrogens with one attached hydrogen (secondary N) is 1. The lowest BCUT2D eigenvalue weighted by molar-refractivity contribution is -0.123. The Hall–Kier alpha value is -1.59. The van der Waals surface area contributed by atoms with Crippen molar-refractivity contribution in [2.45, 2.75) is 31.9 Å². The van der Waals surface area contributed by atoms with E-state index < -0.39 is 6.10 Å². The largest absolute Gasteiger partial charge is 0.388 e. The van der Waals surface area contributed by atoms with Gasteiger partial charge in [0.05, 0.1) is 18.7 Å². The molecule has 0 bridgehead atoms. The minimum Gasteiger partial charge on any atom is -0.388 e. The molecular weight excluding hydrogens is 395 g/mol. The van der Waals surface area contributed by atoms with Crippen LogP contribution in [0.15, 0.2) is 48.5 Å². The first-order chi connectivity index (χ1) is 13.4. The van der Waals surface area contributed by atoms with Crippen LogP contribution in [0.3, 0.4) is 0 Å². The van der Waals surface area contributed by atoms with Gasteiger partial charge in [-0.2, -0.15) is 0 Å². The van der Waals surface area contributed by atoms with Gasteiger partial charge in [0, 0.05) is 10.0 Å². The minimum absolute atomic E-state index is 0.0272. The lowest BCUT2D eigenvalue weighted by Crippen LogP contribution is -2.42. The minimum atomic E-state index is -0.441. The quantitative estimate of drug-likeness (QED) is 0.716. The van der Waals surface area contributed by atoms with E-state index >= 15 is 0 Å². The van der Waals surface area contributed by atoms with Gasteiger partial charge in [-0.3, -0.25) is 9.69 Å². The van der Waals surface area contributed by atoms with Gasteiger partial charge < -0.3 is 10.4 Å². The van der Waals surface area contributed by atoms with Crippen LogP contribution in [0.1, 0.15) is 43.0 Å². The molecule has 0 spiro atoms. The van der Waals surface area contributed by atoms with Gasteiger partial charge in [0.2, 0.25) is 5.91 Å². The summed E-state index contributed by atoms with van der Waals surface area (Å²) in [4.78, 5) is 14.6. The molecule has 6 heteroatoms. The van der Waals surface area contributed by atoms with Crippen molar-refractivity contribution in [2.24, 2.45) is 5.92 Å². The SMILES string of the molecule is CC(NC(=O)CN1CCC(C(O)c2ccccc2)CC1)c1ccc(Cl)cc1Cl. The molecule has 2 N–H and O–H groups in total. The Morgan fingerprint density at radius 2 is 1.86 bits per heavy atom. The average molecular weight is 421 g/mol. The second-order valence-corrected chi connectivity index (χ2v) is 8.27. The number of likely N-dealkylation sites (tertiary alicyclic amines) is 1. The number of benzene rings is 2. The number of rotatable bonds is 6. The number of carbonyl (C=O) groups excluding carboxylic acids is 1. The van der Waals surface area contributed by atoms with Gasteiger partial charge >= 0.3 is 0 Å². The highest BCUT2D eigenvalue weighted by molar-refractivity contribution is 6.35. The molecule has 1 saturated heterocycles. The van der Waals surface area contributed by atoms with E-state index in [1.807, 2.05) is 43.3 Å². The van der Waals surface area contributed by atoms with Crippen LogP contribution < -0.4 is 5.32 Å². The Morgan fingerprint density at radius 1 is 1.18 bits per heavy atom. The zero-order valence-electron chi connectivity index (χ0n) is 15.9. The molecule has 0 aromatic heterocycles. The summed E-state index contributed by atoms with van der Waals surface area (Å²) in [7, 11) is 0. The number of aliphatic hydroxyl groups excluding tert-OH is 1. The maximum Gasteiger partial charge on any atom is 0.234 e. The molecular formula is C22H26Cl2N2O2. The number of amides is 1. The summed E-state index contributed by atoms with van der Waals surface area (Å²) < 4.78 is 0. The first-order valence-corrected chi connectivity index (χ1v) is 10.4. The fourth-order valence-electron chi connectivity index (χ4n) is 3.77. The number of hydrogen-bond acceptors (Lipinski definition) is 3. The molecule has 4 nitrogen and oxygen atoms in total. The summed E-state index contributed by atoms with van der Waals surface area (Å²) in [5, 5.41) is 14.7. The molecule has 1 heterocycles. The number of piperidine rings is 1. The van der Waals surface area contributed by atoms with Gasteiger partial charge in [-0.1, -0.05) is 59.6 Å². The lowest BCUT2D eigenvalue weighted by atomic mass is 9.87. The van der Waals surface area contributed by atoms with E-state index in [1.54, 1.807) is 12.1 Å². The van der Waals surface area contributed by atoms with Gasteiger partial charge in [-0.05, 0) is 62.0 Å². The van der Waals surface area contributed by atoms with E-state index in [2.05, 4.69) is 10.2 Å². The molecule has 1 aliphatic heterocycles. The fraction of sp³-hybridized carbons (Fsp3) is 0.409. The van der Waals surface area contributed by atoms with Crippen LogP contribution in [-0.2, 0) is 4.79 Å². The maximum atomic E-state index is 12.4. The summed E-state index contributed by atoms with van der Waals surface area (Å²) in [6, 6.07) is 14.9. The van der Waals surface area contributed by atoms with Crippen molar-refractivity contribution in [3.05, 3.63) is 69.7 Å². The Kier molecular flexibility index (Phi) is 7.36. The van der Waals surface area contributed by atoms with E-state index in [0.29, 0.717) is 16.6 Å². The zero-order valence-corrected chi connectivity index (χ0v) is 17.5. The van der Waals surface area contributed by atoms with Crippen molar-refractivity contribution in [3.8, 4) is 0 Å². The van der Waals surface area contributed by atoms with Crippen molar-refractivity contribution < 1.29 is 9.90 Å². The molecule has 2 aromatic carbocycles. The van der Waals surface area contributed by atoms with Crippen molar-refractivity contribution >= 4 is 29.1 Å². The van der Waals surface area contributed by atoms with E-state index in [9.17, 15) is 9.90 Å². The summed E-state index contributed by atoms with van der Waals surface area (Å²) in [6.07, 6.45) is 1.31. The molecule has 2 atom stereocenters. The van der Waals surface area contributed by atoms with Crippen molar-refractivity contribution in [1.29, 1.82) is 0 Å². The lowest BCUT2D eigenvalue weighted by Gasteiger charge is -2.34. The molecule has 0 radical (unpaired) electrons. The van der Waals surface area contributed by atoms with Crippen LogP contribution >= 0.6 is 23.2 Å². The number of nitrogens with zero attached hydrogens (tertiary/aromatic N) is 1. The second-order valence-electron chi connectivity index (χ2n) is 7.42. The van der Waals surface area contributed by atoms with Crippen molar-refractivity contribution in [2.75, 3.05) is 19.6 Å². The molecule has 2 unspecified atom stereocenters. The smallest absolute Gasteiger partial charge is 0.234 e. The van der Waals surface area contributed by atoms with Crippen molar-refractivity contribution in [3.63, 3.8) is 0 Å². The number of hydrogen-bond donors (Lipinski definition) is 2. The standard InChI is InChI=1S/C22H26Cl2N2O2/c1-15(19-8-7-18(23)13-20(19)24)25-21(27)14-26-11-9-17(10-12-26)22(28)16-5-3-2-4-6-16/h2-8,13,15,17,22,28H,9-12,14H2,1H3,(H,25,27). The molecule has 28 heavy (non-hydrogen) atoms. The summed E-state index contributed by atoms with van der Waals surface area (Å²) in [5.74, 6) is 0.203. The predicted molar refractivity (Wildman–Crippen MR) is 114 cm³/mol. The van der Waals surface area contributed by atoms with E-state index in [4.69, 9.17) is 23.2 Å². The number of aliphatic hydroxyl groups is 1. The Balaban J connectivity index is 1.47. The number of halogens is 2. The van der Waals surface area contributed by atoms with Gasteiger partial charge in [0.25, 0.3) is 0 Å². The third-order valence-electron chi connectivity index (χ3n) is 5.39. The molecule has 150 valence electrons. The third-order valence-corrected chi connectivity index (χ3v) is 5.96. The van der Waals surface area contributed by atoms with Gasteiger partial charge in [0.1, 0.15) is 0 Å². The first kappa shape index (κ1) is 21.1. The first-order valence-electron chi connectivity index (χ1n) is 9.63. The maximum absolute atomic E-state index is 12.4. The highest BCUT2D eigenvalue weighted by Crippen LogP contribution is 2.30. The van der Waals surface area contributed by atoms with Crippen LogP contribution in [-0.4, -0.2) is 35.5 Å². The molecule has 2 aromatic rings. The van der Waals surface area contributed by atoms with E-state index in [-0.39, 0.29) is 17.9 Å².